The number of aromatic amines is 1. The van der Waals surface area contributed by atoms with Crippen LogP contribution >= 0.6 is 0 Å². The third-order valence-corrected chi connectivity index (χ3v) is 4.27. The first-order chi connectivity index (χ1) is 10.6. The molecule has 0 radical (unpaired) electrons. The maximum Gasteiger partial charge on any atom is 0.322 e. The first-order valence-electron chi connectivity index (χ1n) is 7.54. The summed E-state index contributed by atoms with van der Waals surface area (Å²) in [5.41, 5.74) is 1.63. The molecule has 0 aliphatic heterocycles. The van der Waals surface area contributed by atoms with Gasteiger partial charge in [-0.2, -0.15) is 0 Å². The van der Waals surface area contributed by atoms with Crippen LogP contribution in [0.25, 0.3) is 10.9 Å². The molecule has 0 spiro atoms. The maximum atomic E-state index is 12.7. The number of nitrogens with zero attached hydrogens (tertiary/aromatic N) is 1. The second kappa shape index (κ2) is 5.93. The minimum Gasteiger partial charge on any atom is -0.468 e. The standard InChI is InChI=1S/C17H20N2O3/c1-11(17(21)22-2)19(12-7-8-12)10-16(20)14-9-18-15-6-4-3-5-13(14)15/h3-6,9,11-12,18H,7-8,10H2,1-2H3. The van der Waals surface area contributed by atoms with E-state index in [9.17, 15) is 9.59 Å². The number of benzene rings is 1. The van der Waals surface area contributed by atoms with E-state index in [1.807, 2.05) is 29.2 Å². The Balaban J connectivity index is 1.81. The summed E-state index contributed by atoms with van der Waals surface area (Å²) >= 11 is 0. The zero-order chi connectivity index (χ0) is 15.7. The predicted octanol–water partition coefficient (Wildman–Crippen LogP) is 2.38. The third kappa shape index (κ3) is 2.76. The number of hydrogen-bond donors (Lipinski definition) is 1. The molecule has 5 nitrogen and oxygen atoms in total. The summed E-state index contributed by atoms with van der Waals surface area (Å²) in [6.07, 6.45) is 3.81. The third-order valence-electron chi connectivity index (χ3n) is 4.27. The summed E-state index contributed by atoms with van der Waals surface area (Å²) in [6.45, 7) is 2.04. The molecule has 116 valence electrons. The van der Waals surface area contributed by atoms with Crippen molar-refractivity contribution >= 4 is 22.7 Å². The Morgan fingerprint density at radius 1 is 1.36 bits per heavy atom. The fourth-order valence-corrected chi connectivity index (χ4v) is 2.85. The number of para-hydroxylation sites is 1. The molecule has 1 N–H and O–H groups in total. The molecule has 1 aliphatic carbocycles. The van der Waals surface area contributed by atoms with E-state index in [-0.39, 0.29) is 18.3 Å². The zero-order valence-corrected chi connectivity index (χ0v) is 12.8. The molecule has 5 heteroatoms. The SMILES string of the molecule is COC(=O)C(C)N(CC(=O)c1c[nH]c2ccccc12)C1CC1. The van der Waals surface area contributed by atoms with Crippen molar-refractivity contribution in [3.63, 3.8) is 0 Å². The lowest BCUT2D eigenvalue weighted by molar-refractivity contribution is -0.146. The molecular weight excluding hydrogens is 280 g/mol. The van der Waals surface area contributed by atoms with Crippen molar-refractivity contribution in [2.24, 2.45) is 0 Å². The number of ketones is 1. The number of carbonyl (C=O) groups is 2. The van der Waals surface area contributed by atoms with Gasteiger partial charge in [-0.1, -0.05) is 18.2 Å². The van der Waals surface area contributed by atoms with Gasteiger partial charge >= 0.3 is 5.97 Å². The van der Waals surface area contributed by atoms with Crippen molar-refractivity contribution in [3.05, 3.63) is 36.0 Å². The van der Waals surface area contributed by atoms with E-state index in [0.717, 1.165) is 23.7 Å². The Bertz CT molecular complexity index is 703. The van der Waals surface area contributed by atoms with Crippen molar-refractivity contribution in [2.45, 2.75) is 31.8 Å². The molecule has 0 bridgehead atoms. The highest BCUT2D eigenvalue weighted by molar-refractivity contribution is 6.08. The van der Waals surface area contributed by atoms with E-state index in [1.165, 1.54) is 7.11 Å². The number of aromatic nitrogens is 1. The van der Waals surface area contributed by atoms with Gasteiger partial charge in [-0.15, -0.1) is 0 Å². The van der Waals surface area contributed by atoms with E-state index >= 15 is 0 Å². The Labute approximate surface area is 129 Å². The largest absolute Gasteiger partial charge is 0.468 e. The lowest BCUT2D eigenvalue weighted by atomic mass is 10.1. The second-order valence-electron chi connectivity index (χ2n) is 5.77. The van der Waals surface area contributed by atoms with Gasteiger partial charge in [-0.25, -0.2) is 0 Å². The summed E-state index contributed by atoms with van der Waals surface area (Å²) < 4.78 is 4.82. The number of ether oxygens (including phenoxy) is 1. The van der Waals surface area contributed by atoms with Gasteiger partial charge in [0.05, 0.1) is 13.7 Å². The Hall–Kier alpha value is -2.14. The molecular formula is C17H20N2O3. The zero-order valence-electron chi connectivity index (χ0n) is 12.8. The minimum absolute atomic E-state index is 0.0279. The maximum absolute atomic E-state index is 12.7. The molecule has 0 saturated heterocycles. The quantitative estimate of drug-likeness (QED) is 0.657. The molecule has 1 saturated carbocycles. The van der Waals surface area contributed by atoms with Gasteiger partial charge in [0.25, 0.3) is 0 Å². The molecule has 0 amide bonds. The van der Waals surface area contributed by atoms with Crippen LogP contribution in [0.5, 0.6) is 0 Å². The molecule has 2 aromatic rings. The van der Waals surface area contributed by atoms with Crippen molar-refractivity contribution in [3.8, 4) is 0 Å². The molecule has 1 atom stereocenters. The van der Waals surface area contributed by atoms with E-state index in [1.54, 1.807) is 13.1 Å². The first-order valence-corrected chi connectivity index (χ1v) is 7.54. The van der Waals surface area contributed by atoms with Crippen LogP contribution in [0.15, 0.2) is 30.5 Å². The van der Waals surface area contributed by atoms with Gasteiger partial charge in [0.15, 0.2) is 5.78 Å². The van der Waals surface area contributed by atoms with Crippen LogP contribution < -0.4 is 0 Å². The second-order valence-corrected chi connectivity index (χ2v) is 5.77. The van der Waals surface area contributed by atoms with Crippen molar-refractivity contribution in [1.82, 2.24) is 9.88 Å². The molecule has 1 unspecified atom stereocenters. The minimum atomic E-state index is -0.397. The van der Waals surface area contributed by atoms with Crippen molar-refractivity contribution < 1.29 is 14.3 Å². The molecule has 1 fully saturated rings. The van der Waals surface area contributed by atoms with Crippen molar-refractivity contribution in [1.29, 1.82) is 0 Å². The van der Waals surface area contributed by atoms with Gasteiger partial charge in [0.2, 0.25) is 0 Å². The van der Waals surface area contributed by atoms with E-state index in [0.29, 0.717) is 11.6 Å². The van der Waals surface area contributed by atoms with Gasteiger partial charge in [0, 0.05) is 28.7 Å². The van der Waals surface area contributed by atoms with Gasteiger partial charge < -0.3 is 9.72 Å². The Morgan fingerprint density at radius 2 is 2.09 bits per heavy atom. The highest BCUT2D eigenvalue weighted by Gasteiger charge is 2.36. The summed E-state index contributed by atoms with van der Waals surface area (Å²) in [5, 5.41) is 0.925. The van der Waals surface area contributed by atoms with Crippen LogP contribution in [0.2, 0.25) is 0 Å². The smallest absolute Gasteiger partial charge is 0.322 e. The number of esters is 1. The van der Waals surface area contributed by atoms with E-state index < -0.39 is 6.04 Å². The average molecular weight is 300 g/mol. The molecule has 1 aliphatic rings. The van der Waals surface area contributed by atoms with E-state index in [2.05, 4.69) is 4.98 Å². The fraction of sp³-hybridized carbons (Fsp3) is 0.412. The monoisotopic (exact) mass is 300 g/mol. The first kappa shape index (κ1) is 14.8. The van der Waals surface area contributed by atoms with Crippen molar-refractivity contribution in [2.75, 3.05) is 13.7 Å². The van der Waals surface area contributed by atoms with E-state index in [4.69, 9.17) is 4.74 Å². The number of nitrogens with one attached hydrogen (secondary N) is 1. The van der Waals surface area contributed by atoms with Crippen LogP contribution in [-0.4, -0.2) is 47.4 Å². The lowest BCUT2D eigenvalue weighted by Gasteiger charge is -2.26. The predicted molar refractivity (Wildman–Crippen MR) is 83.8 cm³/mol. The number of hydrogen-bond acceptors (Lipinski definition) is 4. The highest BCUT2D eigenvalue weighted by Crippen LogP contribution is 2.29. The van der Waals surface area contributed by atoms with Crippen LogP contribution in [0.4, 0.5) is 0 Å². The van der Waals surface area contributed by atoms with Gasteiger partial charge in [0.1, 0.15) is 6.04 Å². The summed E-state index contributed by atoms with van der Waals surface area (Å²) in [6, 6.07) is 7.65. The molecule has 3 rings (SSSR count). The van der Waals surface area contributed by atoms with Crippen LogP contribution in [0, 0.1) is 0 Å². The molecule has 22 heavy (non-hydrogen) atoms. The number of fused-ring (bicyclic) bond motifs is 1. The topological polar surface area (TPSA) is 62.4 Å². The number of Topliss-reactive ketones (excluding diaryl/α,β-unsaturated/α-hetero) is 1. The normalized spacial score (nSPS) is 16.0. The Morgan fingerprint density at radius 3 is 2.77 bits per heavy atom. The van der Waals surface area contributed by atoms with Crippen LogP contribution in [-0.2, 0) is 9.53 Å². The molecule has 1 heterocycles. The molecule has 1 aromatic heterocycles. The van der Waals surface area contributed by atoms with Gasteiger partial charge in [-0.05, 0) is 25.8 Å². The summed E-state index contributed by atoms with van der Waals surface area (Å²) in [4.78, 5) is 29.5. The highest BCUT2D eigenvalue weighted by atomic mass is 16.5. The van der Waals surface area contributed by atoms with Crippen LogP contribution in [0.1, 0.15) is 30.1 Å². The summed E-state index contributed by atoms with van der Waals surface area (Å²) in [5.74, 6) is -0.265. The lowest BCUT2D eigenvalue weighted by Crippen LogP contribution is -2.44. The van der Waals surface area contributed by atoms with Crippen LogP contribution in [0.3, 0.4) is 0 Å². The summed E-state index contributed by atoms with van der Waals surface area (Å²) in [7, 11) is 1.38. The fourth-order valence-electron chi connectivity index (χ4n) is 2.85. The van der Waals surface area contributed by atoms with Gasteiger partial charge in [-0.3, -0.25) is 14.5 Å². The number of rotatable bonds is 6. The number of methoxy groups -OCH3 is 1. The average Bonchev–Trinajstić information content (AvgIpc) is 3.29. The Kier molecular flexibility index (Phi) is 3.98. The number of carbonyl (C=O) groups excluding carboxylic acids is 2. The number of H-pyrrole nitrogens is 1. The molecule has 1 aromatic carbocycles.